The van der Waals surface area contributed by atoms with Crippen molar-refractivity contribution in [3.8, 4) is 5.75 Å². The van der Waals surface area contributed by atoms with Gasteiger partial charge in [-0.05, 0) is 50.3 Å². The Balaban J connectivity index is 2.12. The molecule has 1 aromatic rings. The molecule has 0 aliphatic rings. The van der Waals surface area contributed by atoms with Crippen LogP contribution < -0.4 is 15.4 Å². The Hall–Kier alpha value is -1.75. The average molecular weight is 321 g/mol. The number of rotatable bonds is 11. The van der Waals surface area contributed by atoms with Gasteiger partial charge in [0.05, 0.1) is 7.11 Å². The number of unbranched alkanes of at least 4 members (excludes halogenated alkanes) is 1. The summed E-state index contributed by atoms with van der Waals surface area (Å²) in [7, 11) is 3.50. The van der Waals surface area contributed by atoms with Crippen LogP contribution in [0.15, 0.2) is 29.3 Å². The predicted molar refractivity (Wildman–Crippen MR) is 96.4 cm³/mol. The maximum atomic E-state index is 5.32. The van der Waals surface area contributed by atoms with Crippen LogP contribution in [-0.2, 0) is 11.2 Å². The molecule has 0 spiro atoms. The molecule has 0 saturated carbocycles. The highest BCUT2D eigenvalue weighted by atomic mass is 16.5. The maximum Gasteiger partial charge on any atom is 0.190 e. The van der Waals surface area contributed by atoms with Gasteiger partial charge in [-0.2, -0.15) is 0 Å². The van der Waals surface area contributed by atoms with E-state index in [0.717, 1.165) is 63.7 Å². The number of hydrogen-bond donors (Lipinski definition) is 2. The Morgan fingerprint density at radius 2 is 1.91 bits per heavy atom. The first kappa shape index (κ1) is 19.3. The van der Waals surface area contributed by atoms with E-state index in [1.165, 1.54) is 5.56 Å². The minimum absolute atomic E-state index is 0.796. The van der Waals surface area contributed by atoms with E-state index >= 15 is 0 Å². The number of aryl methyl sites for hydroxylation is 1. The van der Waals surface area contributed by atoms with E-state index < -0.39 is 0 Å². The van der Waals surface area contributed by atoms with Crippen LogP contribution in [0.2, 0.25) is 0 Å². The van der Waals surface area contributed by atoms with Gasteiger partial charge < -0.3 is 20.1 Å². The largest absolute Gasteiger partial charge is 0.497 e. The van der Waals surface area contributed by atoms with Crippen molar-refractivity contribution < 1.29 is 9.47 Å². The molecule has 1 aromatic carbocycles. The van der Waals surface area contributed by atoms with Crippen LogP contribution in [0.3, 0.4) is 0 Å². The quantitative estimate of drug-likeness (QED) is 0.374. The van der Waals surface area contributed by atoms with Crippen molar-refractivity contribution in [2.75, 3.05) is 40.5 Å². The first-order valence-corrected chi connectivity index (χ1v) is 8.45. The van der Waals surface area contributed by atoms with Crippen LogP contribution in [0.5, 0.6) is 5.75 Å². The molecule has 0 atom stereocenters. The zero-order valence-corrected chi connectivity index (χ0v) is 14.7. The molecule has 0 aromatic heterocycles. The summed E-state index contributed by atoms with van der Waals surface area (Å²) in [5, 5.41) is 6.67. The highest BCUT2D eigenvalue weighted by Crippen LogP contribution is 2.13. The van der Waals surface area contributed by atoms with Crippen molar-refractivity contribution in [2.24, 2.45) is 4.99 Å². The van der Waals surface area contributed by atoms with Gasteiger partial charge in [-0.15, -0.1) is 0 Å². The Morgan fingerprint density at radius 1 is 1.13 bits per heavy atom. The minimum atomic E-state index is 0.796. The summed E-state index contributed by atoms with van der Waals surface area (Å²) in [4.78, 5) is 4.24. The summed E-state index contributed by atoms with van der Waals surface area (Å²) in [6.45, 7) is 5.47. The number of ether oxygens (including phenoxy) is 2. The summed E-state index contributed by atoms with van der Waals surface area (Å²) in [5.41, 5.74) is 1.30. The number of aliphatic imine (C=N–C) groups is 1. The lowest BCUT2D eigenvalue weighted by Gasteiger charge is -2.12. The van der Waals surface area contributed by atoms with Crippen molar-refractivity contribution in [3.05, 3.63) is 29.8 Å². The van der Waals surface area contributed by atoms with E-state index in [0.29, 0.717) is 0 Å². The van der Waals surface area contributed by atoms with Crippen molar-refractivity contribution in [1.82, 2.24) is 10.6 Å². The summed E-state index contributed by atoms with van der Waals surface area (Å²) < 4.78 is 10.6. The fraction of sp³-hybridized carbons (Fsp3) is 0.611. The average Bonchev–Trinajstić information content (AvgIpc) is 2.59. The molecule has 0 aliphatic carbocycles. The van der Waals surface area contributed by atoms with Gasteiger partial charge in [0.2, 0.25) is 0 Å². The molecule has 0 unspecified atom stereocenters. The van der Waals surface area contributed by atoms with Crippen molar-refractivity contribution in [3.63, 3.8) is 0 Å². The lowest BCUT2D eigenvalue weighted by atomic mass is 10.1. The molecule has 0 aliphatic heterocycles. The van der Waals surface area contributed by atoms with Crippen molar-refractivity contribution in [1.29, 1.82) is 0 Å². The molecule has 0 saturated heterocycles. The smallest absolute Gasteiger partial charge is 0.190 e. The van der Waals surface area contributed by atoms with E-state index in [9.17, 15) is 0 Å². The van der Waals surface area contributed by atoms with E-state index in [2.05, 4.69) is 27.8 Å². The van der Waals surface area contributed by atoms with Gasteiger partial charge in [0.15, 0.2) is 5.96 Å². The lowest BCUT2D eigenvalue weighted by molar-refractivity contribution is 0.143. The molecule has 5 heteroatoms. The van der Waals surface area contributed by atoms with Crippen molar-refractivity contribution >= 4 is 5.96 Å². The highest BCUT2D eigenvalue weighted by molar-refractivity contribution is 5.79. The zero-order chi connectivity index (χ0) is 16.8. The number of methoxy groups -OCH3 is 1. The minimum Gasteiger partial charge on any atom is -0.497 e. The van der Waals surface area contributed by atoms with Gasteiger partial charge in [-0.1, -0.05) is 12.1 Å². The molecule has 5 nitrogen and oxygen atoms in total. The van der Waals surface area contributed by atoms with Crippen LogP contribution in [-0.4, -0.2) is 46.4 Å². The normalized spacial score (nSPS) is 11.3. The van der Waals surface area contributed by atoms with Crippen LogP contribution >= 0.6 is 0 Å². The van der Waals surface area contributed by atoms with E-state index in [1.807, 2.05) is 19.1 Å². The van der Waals surface area contributed by atoms with Gasteiger partial charge in [0.25, 0.3) is 0 Å². The summed E-state index contributed by atoms with van der Waals surface area (Å²) in [6, 6.07) is 8.23. The highest BCUT2D eigenvalue weighted by Gasteiger charge is 1.99. The first-order chi connectivity index (χ1) is 11.3. The number of benzene rings is 1. The summed E-state index contributed by atoms with van der Waals surface area (Å²) in [5.74, 6) is 1.78. The fourth-order valence-corrected chi connectivity index (χ4v) is 2.23. The van der Waals surface area contributed by atoms with E-state index in [-0.39, 0.29) is 0 Å². The molecule has 0 bridgehead atoms. The monoisotopic (exact) mass is 321 g/mol. The molecular weight excluding hydrogens is 290 g/mol. The Bertz CT molecular complexity index is 450. The second kappa shape index (κ2) is 12.8. The van der Waals surface area contributed by atoms with E-state index in [4.69, 9.17) is 9.47 Å². The summed E-state index contributed by atoms with van der Waals surface area (Å²) in [6.07, 6.45) is 4.24. The summed E-state index contributed by atoms with van der Waals surface area (Å²) >= 11 is 0. The number of nitrogens with zero attached hydrogens (tertiary/aromatic N) is 1. The second-order valence-corrected chi connectivity index (χ2v) is 5.28. The molecule has 0 fully saturated rings. The van der Waals surface area contributed by atoms with Gasteiger partial charge in [0.1, 0.15) is 5.75 Å². The SMILES string of the molecule is CCOCCCCNC(=NC)NCCCc1cccc(OC)c1. The zero-order valence-electron chi connectivity index (χ0n) is 14.7. The fourth-order valence-electron chi connectivity index (χ4n) is 2.23. The maximum absolute atomic E-state index is 5.32. The Morgan fingerprint density at radius 3 is 2.61 bits per heavy atom. The van der Waals surface area contributed by atoms with Crippen molar-refractivity contribution in [2.45, 2.75) is 32.6 Å². The molecule has 2 N–H and O–H groups in total. The van der Waals surface area contributed by atoms with Crippen LogP contribution in [0.4, 0.5) is 0 Å². The molecule has 0 amide bonds. The molecular formula is C18H31N3O2. The molecule has 1 rings (SSSR count). The topological polar surface area (TPSA) is 54.9 Å². The van der Waals surface area contributed by atoms with Gasteiger partial charge in [-0.3, -0.25) is 4.99 Å². The second-order valence-electron chi connectivity index (χ2n) is 5.28. The number of nitrogens with one attached hydrogen (secondary N) is 2. The Labute approximate surface area is 140 Å². The van der Waals surface area contributed by atoms with Gasteiger partial charge >= 0.3 is 0 Å². The van der Waals surface area contributed by atoms with Crippen LogP contribution in [0.25, 0.3) is 0 Å². The van der Waals surface area contributed by atoms with Crippen LogP contribution in [0.1, 0.15) is 31.7 Å². The third-order valence-corrected chi connectivity index (χ3v) is 3.50. The number of guanidine groups is 1. The standard InChI is InChI=1S/C18H31N3O2/c1-4-23-14-6-5-12-20-18(19-2)21-13-8-10-16-9-7-11-17(15-16)22-3/h7,9,11,15H,4-6,8,10,12-14H2,1-3H3,(H2,19,20,21). The van der Waals surface area contributed by atoms with Gasteiger partial charge in [0, 0.05) is 33.4 Å². The molecule has 0 radical (unpaired) electrons. The first-order valence-electron chi connectivity index (χ1n) is 8.45. The Kier molecular flexibility index (Phi) is 10.7. The van der Waals surface area contributed by atoms with E-state index in [1.54, 1.807) is 14.2 Å². The molecule has 23 heavy (non-hydrogen) atoms. The van der Waals surface area contributed by atoms with Gasteiger partial charge in [-0.25, -0.2) is 0 Å². The molecule has 0 heterocycles. The number of hydrogen-bond acceptors (Lipinski definition) is 3. The molecule has 130 valence electrons. The third kappa shape index (κ3) is 9.08. The lowest BCUT2D eigenvalue weighted by Crippen LogP contribution is -2.38. The predicted octanol–water partition coefficient (Wildman–Crippen LogP) is 2.61. The van der Waals surface area contributed by atoms with Crippen LogP contribution in [0, 0.1) is 0 Å². The third-order valence-electron chi connectivity index (χ3n) is 3.50.